The summed E-state index contributed by atoms with van der Waals surface area (Å²) in [5.74, 6) is -0.153. The number of rotatable bonds is 3. The zero-order valence-electron chi connectivity index (χ0n) is 9.99. The van der Waals surface area contributed by atoms with Gasteiger partial charge in [-0.1, -0.05) is 20.8 Å². The Morgan fingerprint density at radius 1 is 1.27 bits per heavy atom. The van der Waals surface area contributed by atoms with Crippen molar-refractivity contribution in [2.24, 2.45) is 0 Å². The Morgan fingerprint density at radius 2 is 1.73 bits per heavy atom. The predicted molar refractivity (Wildman–Crippen MR) is 58.6 cm³/mol. The van der Waals surface area contributed by atoms with Crippen LogP contribution in [0, 0.1) is 0 Å². The second kappa shape index (κ2) is 6.80. The van der Waals surface area contributed by atoms with Gasteiger partial charge in [0.2, 0.25) is 5.91 Å². The summed E-state index contributed by atoms with van der Waals surface area (Å²) in [6.07, 6.45) is 3.94. The van der Waals surface area contributed by atoms with Gasteiger partial charge < -0.3 is 5.11 Å². The molecule has 2 N–H and O–H groups in total. The molecule has 1 heterocycles. The van der Waals surface area contributed by atoms with Gasteiger partial charge in [-0.05, 0) is 25.7 Å². The Morgan fingerprint density at radius 3 is 1.80 bits per heavy atom. The average molecular weight is 217 g/mol. The first-order chi connectivity index (χ1) is 6.99. The molecule has 0 aromatic carbocycles. The first kappa shape index (κ1) is 14.4. The Labute approximate surface area is 91.9 Å². The van der Waals surface area contributed by atoms with Crippen molar-refractivity contribution >= 4 is 5.91 Å². The van der Waals surface area contributed by atoms with E-state index in [0.29, 0.717) is 13.0 Å². The molecule has 4 heteroatoms. The monoisotopic (exact) mass is 217 g/mol. The number of hydrogen-bond acceptors (Lipinski definition) is 3. The number of carbonyl (C=O) groups is 1. The van der Waals surface area contributed by atoms with E-state index in [4.69, 9.17) is 5.21 Å². The molecule has 0 radical (unpaired) electrons. The van der Waals surface area contributed by atoms with Crippen molar-refractivity contribution in [2.45, 2.75) is 58.5 Å². The fraction of sp³-hybridized carbons (Fsp3) is 0.909. The second-order valence-corrected chi connectivity index (χ2v) is 3.91. The van der Waals surface area contributed by atoms with Crippen LogP contribution in [-0.4, -0.2) is 33.4 Å². The van der Waals surface area contributed by atoms with Crippen LogP contribution >= 0.6 is 0 Å². The first-order valence-electron chi connectivity index (χ1n) is 5.70. The normalized spacial score (nSPS) is 16.3. The third kappa shape index (κ3) is 5.14. The van der Waals surface area contributed by atoms with Crippen LogP contribution < -0.4 is 0 Å². The van der Waals surface area contributed by atoms with Gasteiger partial charge in [0.25, 0.3) is 0 Å². The van der Waals surface area contributed by atoms with Crippen LogP contribution in [0.25, 0.3) is 0 Å². The van der Waals surface area contributed by atoms with Crippen molar-refractivity contribution in [2.75, 3.05) is 6.54 Å². The molecule has 90 valence electrons. The zero-order chi connectivity index (χ0) is 11.9. The highest BCUT2D eigenvalue weighted by atomic mass is 16.5. The summed E-state index contributed by atoms with van der Waals surface area (Å²) in [6.45, 7) is 6.58. The van der Waals surface area contributed by atoms with E-state index in [1.165, 1.54) is 0 Å². The fourth-order valence-electron chi connectivity index (χ4n) is 1.38. The van der Waals surface area contributed by atoms with Crippen molar-refractivity contribution in [3.63, 3.8) is 0 Å². The molecular weight excluding hydrogens is 194 g/mol. The molecule has 1 saturated heterocycles. The number of hydroxylamine groups is 2. The van der Waals surface area contributed by atoms with Gasteiger partial charge in [0.1, 0.15) is 0 Å². The van der Waals surface area contributed by atoms with Gasteiger partial charge >= 0.3 is 0 Å². The van der Waals surface area contributed by atoms with Gasteiger partial charge in [-0.25, -0.2) is 5.06 Å². The lowest BCUT2D eigenvalue weighted by Crippen LogP contribution is -2.24. The SMILES string of the molecule is CCC(O)(CC)CC.O=C1CCCN1O. The topological polar surface area (TPSA) is 60.8 Å². The molecule has 0 aliphatic carbocycles. The Balaban J connectivity index is 0.000000262. The quantitative estimate of drug-likeness (QED) is 0.710. The molecule has 0 aromatic rings. The molecule has 1 rings (SSSR count). The van der Waals surface area contributed by atoms with Gasteiger partial charge in [-0.3, -0.25) is 10.0 Å². The lowest BCUT2D eigenvalue weighted by atomic mass is 9.95. The lowest BCUT2D eigenvalue weighted by molar-refractivity contribution is -0.157. The number of nitrogens with zero attached hydrogens (tertiary/aromatic N) is 1. The van der Waals surface area contributed by atoms with E-state index in [2.05, 4.69) is 0 Å². The highest BCUT2D eigenvalue weighted by Crippen LogP contribution is 2.17. The molecule has 0 unspecified atom stereocenters. The first-order valence-corrected chi connectivity index (χ1v) is 5.70. The average Bonchev–Trinajstić information content (AvgIpc) is 2.63. The van der Waals surface area contributed by atoms with Gasteiger partial charge in [-0.15, -0.1) is 0 Å². The van der Waals surface area contributed by atoms with E-state index in [9.17, 15) is 9.90 Å². The van der Waals surface area contributed by atoms with E-state index in [-0.39, 0.29) is 11.5 Å². The molecule has 4 nitrogen and oxygen atoms in total. The Kier molecular flexibility index (Phi) is 6.52. The Bertz CT molecular complexity index is 182. The zero-order valence-corrected chi connectivity index (χ0v) is 9.99. The summed E-state index contributed by atoms with van der Waals surface area (Å²) in [5.41, 5.74) is -0.375. The summed E-state index contributed by atoms with van der Waals surface area (Å²) in [5, 5.41) is 18.7. The second-order valence-electron chi connectivity index (χ2n) is 3.91. The van der Waals surface area contributed by atoms with Crippen molar-refractivity contribution < 1.29 is 15.1 Å². The molecule has 1 fully saturated rings. The number of amides is 1. The van der Waals surface area contributed by atoms with Crippen molar-refractivity contribution in [1.82, 2.24) is 5.06 Å². The molecule has 0 spiro atoms. The molecule has 1 aliphatic rings. The lowest BCUT2D eigenvalue weighted by Gasteiger charge is -2.22. The number of hydrogen-bond donors (Lipinski definition) is 2. The molecule has 0 saturated carbocycles. The molecule has 1 amide bonds. The summed E-state index contributed by atoms with van der Waals surface area (Å²) >= 11 is 0. The van der Waals surface area contributed by atoms with Crippen molar-refractivity contribution in [1.29, 1.82) is 0 Å². The van der Waals surface area contributed by atoms with Crippen molar-refractivity contribution in [3.05, 3.63) is 0 Å². The van der Waals surface area contributed by atoms with E-state index in [1.807, 2.05) is 20.8 Å². The minimum absolute atomic E-state index is 0.153. The van der Waals surface area contributed by atoms with Crippen LogP contribution in [-0.2, 0) is 4.79 Å². The summed E-state index contributed by atoms with van der Waals surface area (Å²) < 4.78 is 0. The molecule has 0 aromatic heterocycles. The standard InChI is InChI=1S/C7H16O.C4H7NO2/c1-4-7(8,5-2)6-3;6-4-2-1-3-5(4)7/h8H,4-6H2,1-3H3;7H,1-3H2. The highest BCUT2D eigenvalue weighted by molar-refractivity contribution is 5.76. The minimum atomic E-state index is -0.375. The maximum atomic E-state index is 10.2. The molecule has 15 heavy (non-hydrogen) atoms. The number of aliphatic hydroxyl groups is 1. The van der Waals surface area contributed by atoms with Crippen LogP contribution in [0.4, 0.5) is 0 Å². The van der Waals surface area contributed by atoms with Crippen LogP contribution in [0.5, 0.6) is 0 Å². The summed E-state index contributed by atoms with van der Waals surface area (Å²) in [4.78, 5) is 10.2. The van der Waals surface area contributed by atoms with Gasteiger partial charge in [0.15, 0.2) is 0 Å². The summed E-state index contributed by atoms with van der Waals surface area (Å²) in [6, 6.07) is 0. The van der Waals surface area contributed by atoms with Gasteiger partial charge in [0, 0.05) is 13.0 Å². The van der Waals surface area contributed by atoms with Crippen LogP contribution in [0.2, 0.25) is 0 Å². The van der Waals surface area contributed by atoms with Crippen molar-refractivity contribution in [3.8, 4) is 0 Å². The molecule has 0 atom stereocenters. The van der Waals surface area contributed by atoms with Gasteiger partial charge in [-0.2, -0.15) is 0 Å². The summed E-state index contributed by atoms with van der Waals surface area (Å²) in [7, 11) is 0. The van der Waals surface area contributed by atoms with Crippen LogP contribution in [0.15, 0.2) is 0 Å². The van der Waals surface area contributed by atoms with Gasteiger partial charge in [0.05, 0.1) is 5.60 Å². The van der Waals surface area contributed by atoms with E-state index < -0.39 is 0 Å². The maximum Gasteiger partial charge on any atom is 0.245 e. The predicted octanol–water partition coefficient (Wildman–Crippen LogP) is 1.95. The van der Waals surface area contributed by atoms with E-state index >= 15 is 0 Å². The molecule has 0 bridgehead atoms. The third-order valence-electron chi connectivity index (χ3n) is 3.02. The van der Waals surface area contributed by atoms with E-state index in [1.54, 1.807) is 0 Å². The number of carbonyl (C=O) groups excluding carboxylic acids is 1. The van der Waals surface area contributed by atoms with Crippen LogP contribution in [0.1, 0.15) is 52.9 Å². The third-order valence-corrected chi connectivity index (χ3v) is 3.02. The van der Waals surface area contributed by atoms with Crippen LogP contribution in [0.3, 0.4) is 0 Å². The molecular formula is C11H23NO3. The maximum absolute atomic E-state index is 10.2. The Hall–Kier alpha value is -0.610. The molecule has 1 aliphatic heterocycles. The highest BCUT2D eigenvalue weighted by Gasteiger charge is 2.18. The largest absolute Gasteiger partial charge is 0.390 e. The van der Waals surface area contributed by atoms with E-state index in [0.717, 1.165) is 30.7 Å². The smallest absolute Gasteiger partial charge is 0.245 e. The fourth-order valence-corrected chi connectivity index (χ4v) is 1.38. The minimum Gasteiger partial charge on any atom is -0.390 e.